The van der Waals surface area contributed by atoms with E-state index < -0.39 is 11.9 Å². The predicted molar refractivity (Wildman–Crippen MR) is 92.6 cm³/mol. The Hall–Kier alpha value is -3.09. The molecule has 1 amide bonds. The Bertz CT molecular complexity index is 716. The highest BCUT2D eigenvalue weighted by Crippen LogP contribution is 2.16. The zero-order valence-electron chi connectivity index (χ0n) is 14.4. The Morgan fingerprint density at radius 2 is 1.62 bits per heavy atom. The molecule has 0 aliphatic rings. The molecule has 7 heteroatoms. The molecule has 0 aliphatic heterocycles. The number of carbonyl (C=O) groups excluding carboxylic acids is 2. The van der Waals surface area contributed by atoms with E-state index in [4.69, 9.17) is 14.2 Å². The van der Waals surface area contributed by atoms with E-state index in [0.29, 0.717) is 24.5 Å². The molecule has 2 rings (SSSR count). The molecule has 0 bridgehead atoms. The van der Waals surface area contributed by atoms with Crippen LogP contribution in [0.25, 0.3) is 0 Å². The van der Waals surface area contributed by atoms with Crippen LogP contribution >= 0.6 is 0 Å². The first-order chi connectivity index (χ1) is 12.6. The molecule has 0 radical (unpaired) electrons. The van der Waals surface area contributed by atoms with Crippen LogP contribution in [0.15, 0.2) is 48.5 Å². The van der Waals surface area contributed by atoms with Crippen LogP contribution in [0.2, 0.25) is 0 Å². The summed E-state index contributed by atoms with van der Waals surface area (Å²) in [5, 5.41) is 2.62. The fraction of sp³-hybridized carbons (Fsp3) is 0.263. The monoisotopic (exact) mass is 361 g/mol. The van der Waals surface area contributed by atoms with Gasteiger partial charge in [-0.25, -0.2) is 9.18 Å². The van der Waals surface area contributed by atoms with E-state index in [2.05, 4.69) is 5.32 Å². The zero-order chi connectivity index (χ0) is 18.8. The van der Waals surface area contributed by atoms with Crippen molar-refractivity contribution in [3.05, 3.63) is 59.9 Å². The third-order valence-electron chi connectivity index (χ3n) is 3.43. The lowest BCUT2D eigenvalue weighted by Crippen LogP contribution is -2.31. The summed E-state index contributed by atoms with van der Waals surface area (Å²) in [4.78, 5) is 23.2. The van der Waals surface area contributed by atoms with E-state index in [1.54, 1.807) is 43.5 Å². The van der Waals surface area contributed by atoms with Crippen LogP contribution in [0, 0.1) is 5.82 Å². The molecule has 1 N–H and O–H groups in total. The van der Waals surface area contributed by atoms with Crippen LogP contribution < -0.4 is 14.8 Å². The van der Waals surface area contributed by atoms with Crippen molar-refractivity contribution >= 4 is 11.9 Å². The van der Waals surface area contributed by atoms with Crippen molar-refractivity contribution < 1.29 is 28.2 Å². The molecule has 0 saturated carbocycles. The number of halogens is 1. The van der Waals surface area contributed by atoms with Crippen molar-refractivity contribution in [1.82, 2.24) is 5.32 Å². The number of hydrogen-bond donors (Lipinski definition) is 1. The zero-order valence-corrected chi connectivity index (χ0v) is 14.4. The van der Waals surface area contributed by atoms with Crippen LogP contribution in [-0.2, 0) is 20.7 Å². The second kappa shape index (κ2) is 10.0. The van der Waals surface area contributed by atoms with Gasteiger partial charge in [-0.2, -0.15) is 0 Å². The molecule has 6 nitrogen and oxygen atoms in total. The van der Waals surface area contributed by atoms with Gasteiger partial charge < -0.3 is 19.5 Å². The number of benzene rings is 2. The van der Waals surface area contributed by atoms with Crippen molar-refractivity contribution in [2.75, 3.05) is 26.9 Å². The fourth-order valence-electron chi connectivity index (χ4n) is 2.05. The first-order valence-electron chi connectivity index (χ1n) is 8.00. The van der Waals surface area contributed by atoms with E-state index in [1.165, 1.54) is 12.1 Å². The summed E-state index contributed by atoms with van der Waals surface area (Å²) in [6, 6.07) is 12.8. The summed E-state index contributed by atoms with van der Waals surface area (Å²) >= 11 is 0. The molecule has 2 aromatic carbocycles. The Morgan fingerprint density at radius 3 is 2.27 bits per heavy atom. The van der Waals surface area contributed by atoms with Crippen molar-refractivity contribution in [1.29, 1.82) is 0 Å². The van der Waals surface area contributed by atoms with Crippen molar-refractivity contribution in [3.8, 4) is 11.5 Å². The maximum absolute atomic E-state index is 12.8. The number of methoxy groups -OCH3 is 1. The molecule has 0 aliphatic carbocycles. The Labute approximate surface area is 150 Å². The molecule has 0 spiro atoms. The summed E-state index contributed by atoms with van der Waals surface area (Å²) in [7, 11) is 1.55. The molecule has 0 saturated heterocycles. The third kappa shape index (κ3) is 6.80. The summed E-state index contributed by atoms with van der Waals surface area (Å²) in [6.45, 7) is -0.312. The van der Waals surface area contributed by atoms with Crippen molar-refractivity contribution in [2.45, 2.75) is 6.42 Å². The van der Waals surface area contributed by atoms with Gasteiger partial charge in [0.25, 0.3) is 5.91 Å². The van der Waals surface area contributed by atoms with Crippen molar-refractivity contribution in [2.24, 2.45) is 0 Å². The van der Waals surface area contributed by atoms with E-state index >= 15 is 0 Å². The average Bonchev–Trinajstić information content (AvgIpc) is 2.66. The van der Waals surface area contributed by atoms with Gasteiger partial charge in [0.1, 0.15) is 17.3 Å². The molecule has 0 fully saturated rings. The first-order valence-corrected chi connectivity index (χ1v) is 8.00. The molecule has 138 valence electrons. The lowest BCUT2D eigenvalue weighted by molar-refractivity contribution is -0.150. The lowest BCUT2D eigenvalue weighted by Gasteiger charge is -2.08. The maximum atomic E-state index is 12.8. The van der Waals surface area contributed by atoms with Gasteiger partial charge in [0.15, 0.2) is 13.2 Å². The molecule has 0 aromatic heterocycles. The normalized spacial score (nSPS) is 10.1. The molecule has 0 heterocycles. The summed E-state index contributed by atoms with van der Waals surface area (Å²) in [6.07, 6.45) is 0.556. The van der Waals surface area contributed by atoms with Crippen LogP contribution in [0.1, 0.15) is 5.56 Å². The summed E-state index contributed by atoms with van der Waals surface area (Å²) < 4.78 is 27.9. The number of rotatable bonds is 9. The second-order valence-electron chi connectivity index (χ2n) is 5.35. The van der Waals surface area contributed by atoms with Gasteiger partial charge in [0, 0.05) is 6.54 Å². The molecular formula is C19H20FNO5. The average molecular weight is 361 g/mol. The third-order valence-corrected chi connectivity index (χ3v) is 3.43. The smallest absolute Gasteiger partial charge is 0.344 e. The number of ether oxygens (including phenoxy) is 3. The quantitative estimate of drug-likeness (QED) is 0.693. The van der Waals surface area contributed by atoms with E-state index in [-0.39, 0.29) is 19.0 Å². The van der Waals surface area contributed by atoms with Crippen LogP contribution in [-0.4, -0.2) is 38.7 Å². The van der Waals surface area contributed by atoms with Gasteiger partial charge in [-0.05, 0) is 48.4 Å². The van der Waals surface area contributed by atoms with Crippen LogP contribution in [0.3, 0.4) is 0 Å². The first kappa shape index (κ1) is 19.2. The molecule has 26 heavy (non-hydrogen) atoms. The van der Waals surface area contributed by atoms with Gasteiger partial charge in [0.05, 0.1) is 7.11 Å². The topological polar surface area (TPSA) is 73.9 Å². The lowest BCUT2D eigenvalue weighted by atomic mass is 10.1. The molecule has 2 aromatic rings. The number of esters is 1. The minimum atomic E-state index is -0.644. The molecule has 0 unspecified atom stereocenters. The number of nitrogens with one attached hydrogen (secondary N) is 1. The number of carbonyl (C=O) groups is 2. The minimum Gasteiger partial charge on any atom is -0.497 e. The van der Waals surface area contributed by atoms with E-state index in [1.807, 2.05) is 0 Å². The van der Waals surface area contributed by atoms with Crippen molar-refractivity contribution in [3.63, 3.8) is 0 Å². The summed E-state index contributed by atoms with van der Waals surface area (Å²) in [5.74, 6) is -0.190. The van der Waals surface area contributed by atoms with Gasteiger partial charge >= 0.3 is 5.97 Å². The second-order valence-corrected chi connectivity index (χ2v) is 5.35. The maximum Gasteiger partial charge on any atom is 0.344 e. The van der Waals surface area contributed by atoms with Crippen LogP contribution in [0.5, 0.6) is 11.5 Å². The van der Waals surface area contributed by atoms with E-state index in [9.17, 15) is 14.0 Å². The Morgan fingerprint density at radius 1 is 0.962 bits per heavy atom. The number of amides is 1. The van der Waals surface area contributed by atoms with Gasteiger partial charge in [0.2, 0.25) is 0 Å². The highest BCUT2D eigenvalue weighted by molar-refractivity contribution is 5.80. The van der Waals surface area contributed by atoms with Crippen LogP contribution in [0.4, 0.5) is 4.39 Å². The molecular weight excluding hydrogens is 341 g/mol. The largest absolute Gasteiger partial charge is 0.497 e. The fourth-order valence-corrected chi connectivity index (χ4v) is 2.05. The Kier molecular flexibility index (Phi) is 7.42. The minimum absolute atomic E-state index is 0.296. The standard InChI is InChI=1S/C19H20FNO5/c1-24-16-6-8-17(9-7-16)25-13-19(23)26-12-18(22)21-11-10-14-2-4-15(20)5-3-14/h2-9H,10-13H2,1H3,(H,21,22). The number of hydrogen-bond acceptors (Lipinski definition) is 5. The van der Waals surface area contributed by atoms with Gasteiger partial charge in [-0.1, -0.05) is 12.1 Å². The SMILES string of the molecule is COc1ccc(OCC(=O)OCC(=O)NCCc2ccc(F)cc2)cc1. The summed E-state index contributed by atoms with van der Waals surface area (Å²) in [5.41, 5.74) is 0.900. The van der Waals surface area contributed by atoms with Gasteiger partial charge in [-0.15, -0.1) is 0 Å². The molecule has 0 atom stereocenters. The predicted octanol–water partition coefficient (Wildman–Crippen LogP) is 2.12. The van der Waals surface area contributed by atoms with Gasteiger partial charge in [-0.3, -0.25) is 4.79 Å². The highest BCUT2D eigenvalue weighted by atomic mass is 19.1. The highest BCUT2D eigenvalue weighted by Gasteiger charge is 2.08. The Balaban J connectivity index is 1.60. The van der Waals surface area contributed by atoms with E-state index in [0.717, 1.165) is 5.56 Å².